The average Bonchev–Trinajstić information content (AvgIpc) is 2.47. The van der Waals surface area contributed by atoms with Gasteiger partial charge in [-0.3, -0.25) is 0 Å². The molecule has 0 aromatic carbocycles. The molecule has 0 heterocycles. The van der Waals surface area contributed by atoms with E-state index in [1.54, 1.807) is 8.94 Å². The van der Waals surface area contributed by atoms with Gasteiger partial charge in [-0.1, -0.05) is 0 Å². The second kappa shape index (κ2) is 17.3. The summed E-state index contributed by atoms with van der Waals surface area (Å²) >= 11 is 0.347. The van der Waals surface area contributed by atoms with Crippen molar-refractivity contribution in [3.63, 3.8) is 0 Å². The van der Waals surface area contributed by atoms with Gasteiger partial charge < -0.3 is 0 Å². The van der Waals surface area contributed by atoms with Gasteiger partial charge in [0.2, 0.25) is 0 Å². The SMILES string of the molecule is CCCCCC[Te]CCCCCCCCCC(=O)OC. The molecule has 0 saturated heterocycles. The molecule has 0 spiro atoms. The predicted octanol–water partition coefficient (Wildman–Crippen LogP) is 5.40. The van der Waals surface area contributed by atoms with E-state index >= 15 is 0 Å². The molecule has 2 nitrogen and oxygen atoms in total. The number of hydrogen-bond donors (Lipinski definition) is 0. The molecule has 0 amide bonds. The normalized spacial score (nSPS) is 10.7. The van der Waals surface area contributed by atoms with Crippen molar-refractivity contribution in [2.24, 2.45) is 0 Å². The van der Waals surface area contributed by atoms with E-state index in [2.05, 4.69) is 11.7 Å². The van der Waals surface area contributed by atoms with Crippen LogP contribution in [-0.2, 0) is 9.53 Å². The molecule has 0 aliphatic rings. The van der Waals surface area contributed by atoms with Gasteiger partial charge in [0.1, 0.15) is 0 Å². The molecule has 0 bridgehead atoms. The van der Waals surface area contributed by atoms with Crippen LogP contribution >= 0.6 is 0 Å². The number of carbonyl (C=O) groups is 1. The van der Waals surface area contributed by atoms with Gasteiger partial charge in [-0.2, -0.15) is 0 Å². The van der Waals surface area contributed by atoms with Crippen LogP contribution in [0.4, 0.5) is 0 Å². The zero-order chi connectivity index (χ0) is 14.9. The molecule has 0 fully saturated rings. The molecule has 0 atom stereocenters. The Balaban J connectivity index is 2.97. The molecular weight excluding hydrogens is 364 g/mol. The van der Waals surface area contributed by atoms with Crippen molar-refractivity contribution >= 4 is 26.9 Å². The molecule has 120 valence electrons. The Labute approximate surface area is 136 Å². The van der Waals surface area contributed by atoms with Crippen molar-refractivity contribution in [2.45, 2.75) is 92.9 Å². The van der Waals surface area contributed by atoms with Crippen LogP contribution in [0, 0.1) is 0 Å². The van der Waals surface area contributed by atoms with Crippen LogP contribution in [0.1, 0.15) is 84.0 Å². The summed E-state index contributed by atoms with van der Waals surface area (Å²) in [6, 6.07) is 0. The van der Waals surface area contributed by atoms with Gasteiger partial charge in [0.05, 0.1) is 0 Å². The monoisotopic (exact) mass is 400 g/mol. The summed E-state index contributed by atoms with van der Waals surface area (Å²) in [5.74, 6) is -0.0615. The number of carbonyl (C=O) groups excluding carboxylic acids is 1. The van der Waals surface area contributed by atoms with Gasteiger partial charge in [0.15, 0.2) is 0 Å². The van der Waals surface area contributed by atoms with Crippen molar-refractivity contribution in [3.05, 3.63) is 0 Å². The van der Waals surface area contributed by atoms with Gasteiger partial charge in [0, 0.05) is 0 Å². The van der Waals surface area contributed by atoms with Crippen LogP contribution in [-0.4, -0.2) is 34.0 Å². The van der Waals surface area contributed by atoms with Gasteiger partial charge in [-0.25, -0.2) is 0 Å². The molecule has 0 aliphatic heterocycles. The van der Waals surface area contributed by atoms with E-state index in [0.29, 0.717) is 27.3 Å². The molecule has 20 heavy (non-hydrogen) atoms. The van der Waals surface area contributed by atoms with Crippen LogP contribution in [0.25, 0.3) is 0 Å². The van der Waals surface area contributed by atoms with Gasteiger partial charge in [-0.15, -0.1) is 0 Å². The topological polar surface area (TPSA) is 26.3 Å². The third-order valence-corrected chi connectivity index (χ3v) is 6.84. The molecule has 0 aromatic heterocycles. The molecule has 0 aliphatic carbocycles. The fourth-order valence-electron chi connectivity index (χ4n) is 2.19. The number of methoxy groups -OCH3 is 1. The number of hydrogen-bond acceptors (Lipinski definition) is 2. The third-order valence-electron chi connectivity index (χ3n) is 3.54. The summed E-state index contributed by atoms with van der Waals surface area (Å²) < 4.78 is 7.75. The van der Waals surface area contributed by atoms with Crippen LogP contribution in [0.5, 0.6) is 0 Å². The van der Waals surface area contributed by atoms with Gasteiger partial charge in [-0.05, 0) is 0 Å². The summed E-state index contributed by atoms with van der Waals surface area (Å²) in [5, 5.41) is 0. The first-order valence-corrected chi connectivity index (χ1v) is 11.8. The van der Waals surface area contributed by atoms with Crippen molar-refractivity contribution in [1.29, 1.82) is 0 Å². The Bertz CT molecular complexity index is 207. The zero-order valence-electron chi connectivity index (χ0n) is 13.6. The van der Waals surface area contributed by atoms with E-state index in [-0.39, 0.29) is 5.97 Å². The molecule has 3 heteroatoms. The molecule has 0 rings (SSSR count). The predicted molar refractivity (Wildman–Crippen MR) is 88.5 cm³/mol. The maximum atomic E-state index is 10.9. The molecule has 0 unspecified atom stereocenters. The van der Waals surface area contributed by atoms with Crippen LogP contribution in [0.3, 0.4) is 0 Å². The van der Waals surface area contributed by atoms with Crippen LogP contribution in [0.2, 0.25) is 8.94 Å². The van der Waals surface area contributed by atoms with Crippen molar-refractivity contribution in [3.8, 4) is 0 Å². The summed E-state index contributed by atoms with van der Waals surface area (Å²) in [6.45, 7) is 2.28. The summed E-state index contributed by atoms with van der Waals surface area (Å²) in [6.07, 6.45) is 15.4. The Morgan fingerprint density at radius 2 is 1.30 bits per heavy atom. The fraction of sp³-hybridized carbons (Fsp3) is 0.941. The summed E-state index contributed by atoms with van der Waals surface area (Å²) in [4.78, 5) is 10.9. The van der Waals surface area contributed by atoms with Crippen LogP contribution in [0.15, 0.2) is 0 Å². The van der Waals surface area contributed by atoms with Gasteiger partial charge >= 0.3 is 136 Å². The van der Waals surface area contributed by atoms with Crippen molar-refractivity contribution in [2.75, 3.05) is 7.11 Å². The first kappa shape index (κ1) is 20.3. The maximum absolute atomic E-state index is 10.9. The minimum absolute atomic E-state index is 0.0615. The zero-order valence-corrected chi connectivity index (χ0v) is 16.0. The fourth-order valence-corrected chi connectivity index (χ4v) is 5.11. The third kappa shape index (κ3) is 16.3. The number of ether oxygens (including phenoxy) is 1. The number of rotatable bonds is 15. The van der Waals surface area contributed by atoms with E-state index in [9.17, 15) is 4.79 Å². The van der Waals surface area contributed by atoms with E-state index in [1.807, 2.05) is 0 Å². The Kier molecular flexibility index (Phi) is 17.5. The second-order valence-electron chi connectivity index (χ2n) is 5.47. The number of esters is 1. The minimum atomic E-state index is -0.0615. The first-order valence-electron chi connectivity index (χ1n) is 8.45. The quantitative estimate of drug-likeness (QED) is 0.210. The molecule has 0 radical (unpaired) electrons. The average molecular weight is 398 g/mol. The Hall–Kier alpha value is 0.260. The van der Waals surface area contributed by atoms with Crippen LogP contribution < -0.4 is 0 Å². The first-order chi connectivity index (χ1) is 9.81. The van der Waals surface area contributed by atoms with Crippen molar-refractivity contribution < 1.29 is 9.53 Å². The molecular formula is C17H34O2Te. The molecule has 0 N–H and O–H groups in total. The van der Waals surface area contributed by atoms with E-state index < -0.39 is 0 Å². The summed E-state index contributed by atoms with van der Waals surface area (Å²) in [7, 11) is 1.47. The Morgan fingerprint density at radius 1 is 0.800 bits per heavy atom. The second-order valence-corrected chi connectivity index (χ2v) is 8.97. The van der Waals surface area contributed by atoms with E-state index in [4.69, 9.17) is 0 Å². The Morgan fingerprint density at radius 3 is 1.85 bits per heavy atom. The summed E-state index contributed by atoms with van der Waals surface area (Å²) in [5.41, 5.74) is 0. The van der Waals surface area contributed by atoms with Crippen molar-refractivity contribution in [1.82, 2.24) is 0 Å². The van der Waals surface area contributed by atoms with E-state index in [0.717, 1.165) is 6.42 Å². The molecule has 0 saturated carbocycles. The van der Waals surface area contributed by atoms with Gasteiger partial charge in [0.25, 0.3) is 0 Å². The number of unbranched alkanes of at least 4 members (excludes halogenated alkanes) is 9. The van der Waals surface area contributed by atoms with E-state index in [1.165, 1.54) is 71.3 Å². The molecule has 0 aromatic rings. The standard InChI is InChI=1S/C17H34O2Te/c1-3-4-5-12-15-20-16-13-10-8-6-7-9-11-14-17(18)19-2/h3-16H2,1-2H3.